The van der Waals surface area contributed by atoms with E-state index in [1.165, 1.54) is 6.92 Å². The van der Waals surface area contributed by atoms with E-state index in [2.05, 4.69) is 0 Å². The molecule has 0 aliphatic carbocycles. The zero-order valence-corrected chi connectivity index (χ0v) is 19.9. The molecular formula is C17H24ClFN2O9PS+. The maximum absolute atomic E-state index is 13.6. The van der Waals surface area contributed by atoms with Gasteiger partial charge in [0.1, 0.15) is 30.3 Å². The second-order valence-corrected chi connectivity index (χ2v) is 10.6. The van der Waals surface area contributed by atoms with Crippen molar-refractivity contribution in [2.24, 2.45) is 5.41 Å². The Morgan fingerprint density at radius 1 is 1.47 bits per heavy atom. The number of carbonyl (C=O) groups excluding carboxylic acids is 1. The number of halogens is 2. The van der Waals surface area contributed by atoms with Crippen molar-refractivity contribution >= 4 is 36.7 Å². The first-order chi connectivity index (χ1) is 14.8. The van der Waals surface area contributed by atoms with Crippen LogP contribution in [0.5, 0.6) is 0 Å². The van der Waals surface area contributed by atoms with Crippen LogP contribution < -0.4 is 11.2 Å². The second-order valence-electron chi connectivity index (χ2n) is 7.80. The largest absolute Gasteiger partial charge is 0.697 e. The number of hydrogen-bond acceptors (Lipinski definition) is 10. The lowest BCUT2D eigenvalue weighted by atomic mass is 9.97. The van der Waals surface area contributed by atoms with Crippen LogP contribution in [0.4, 0.5) is 4.39 Å². The van der Waals surface area contributed by atoms with Gasteiger partial charge in [-0.1, -0.05) is 11.8 Å². The number of nitrogens with zero attached hydrogens (tertiary/aromatic N) is 1. The zero-order chi connectivity index (χ0) is 24.3. The fourth-order valence-electron chi connectivity index (χ4n) is 2.66. The van der Waals surface area contributed by atoms with E-state index in [0.29, 0.717) is 10.8 Å². The van der Waals surface area contributed by atoms with Crippen molar-refractivity contribution in [1.29, 1.82) is 0 Å². The van der Waals surface area contributed by atoms with Gasteiger partial charge in [-0.05, 0) is 20.8 Å². The first kappa shape index (κ1) is 27.1. The Morgan fingerprint density at radius 3 is 2.75 bits per heavy atom. The number of nitrogens with one attached hydrogen (secondary N) is 1. The maximum atomic E-state index is 13.6. The number of rotatable bonds is 10. The zero-order valence-electron chi connectivity index (χ0n) is 17.4. The van der Waals surface area contributed by atoms with Crippen molar-refractivity contribution < 1.29 is 37.7 Å². The Kier molecular flexibility index (Phi) is 9.16. The molecule has 1 aromatic heterocycles. The third-order valence-corrected chi connectivity index (χ3v) is 7.05. The molecule has 15 heteroatoms. The van der Waals surface area contributed by atoms with Crippen LogP contribution >= 0.6 is 31.6 Å². The van der Waals surface area contributed by atoms with Gasteiger partial charge in [-0.3, -0.25) is 19.1 Å². The summed E-state index contributed by atoms with van der Waals surface area (Å²) < 4.78 is 41.8. The Labute approximate surface area is 192 Å². The van der Waals surface area contributed by atoms with E-state index >= 15 is 0 Å². The highest BCUT2D eigenvalue weighted by Crippen LogP contribution is 2.43. The third kappa shape index (κ3) is 6.23. The third-order valence-electron chi connectivity index (χ3n) is 4.70. The molecule has 5 unspecified atom stereocenters. The van der Waals surface area contributed by atoms with Crippen LogP contribution in [0, 0.1) is 11.2 Å². The minimum absolute atomic E-state index is 0.0803. The number of hydrogen-bond donors (Lipinski definition) is 3. The van der Waals surface area contributed by atoms with Crippen molar-refractivity contribution in [3.05, 3.63) is 32.9 Å². The molecule has 1 fully saturated rings. The number of thioether (sulfide) groups is 1. The van der Waals surface area contributed by atoms with Gasteiger partial charge < -0.3 is 14.9 Å². The lowest BCUT2D eigenvalue weighted by molar-refractivity contribution is -0.119. The van der Waals surface area contributed by atoms with Gasteiger partial charge in [-0.2, -0.15) is 4.39 Å². The highest BCUT2D eigenvalue weighted by Gasteiger charge is 2.54. The number of aromatic amines is 1. The second kappa shape index (κ2) is 10.8. The van der Waals surface area contributed by atoms with Crippen LogP contribution in [0.15, 0.2) is 15.8 Å². The van der Waals surface area contributed by atoms with Crippen LogP contribution in [0.2, 0.25) is 0 Å². The first-order valence-electron chi connectivity index (χ1n) is 9.36. The monoisotopic (exact) mass is 517 g/mol. The molecule has 32 heavy (non-hydrogen) atoms. The van der Waals surface area contributed by atoms with Crippen molar-refractivity contribution in [1.82, 2.24) is 9.55 Å². The van der Waals surface area contributed by atoms with Crippen LogP contribution in [-0.4, -0.2) is 67.5 Å². The number of alkyl halides is 1. The minimum atomic E-state index is -2.63. The van der Waals surface area contributed by atoms with Gasteiger partial charge in [0.15, 0.2) is 11.3 Å². The predicted octanol–water partition coefficient (Wildman–Crippen LogP) is 0.900. The first-order valence-corrected chi connectivity index (χ1v) is 11.8. The molecule has 2 heterocycles. The summed E-state index contributed by atoms with van der Waals surface area (Å²) in [5.74, 6) is -1.07. The molecule has 0 amide bonds. The highest BCUT2D eigenvalue weighted by molar-refractivity contribution is 8.13. The SMILES string of the molecule is CC(C)(CO)C(=O)SCCO[P+](=O)OCC1OC(n2cc(F)c(=O)[nH]c2=O)C(C)(Cl)C1O. The van der Waals surface area contributed by atoms with E-state index < -0.39 is 60.7 Å². The summed E-state index contributed by atoms with van der Waals surface area (Å²) >= 11 is 7.23. The number of aliphatic hydroxyl groups excluding tert-OH is 2. The van der Waals surface area contributed by atoms with Crippen LogP contribution in [-0.2, 0) is 23.1 Å². The molecule has 0 saturated carbocycles. The summed E-state index contributed by atoms with van der Waals surface area (Å²) in [6, 6.07) is 0. The van der Waals surface area contributed by atoms with Gasteiger partial charge in [0.25, 0.3) is 5.56 Å². The van der Waals surface area contributed by atoms with Crippen LogP contribution in [0.25, 0.3) is 0 Å². The fraction of sp³-hybridized carbons (Fsp3) is 0.706. The smallest absolute Gasteiger partial charge is 0.395 e. The van der Waals surface area contributed by atoms with Crippen LogP contribution in [0.3, 0.4) is 0 Å². The quantitative estimate of drug-likeness (QED) is 0.231. The van der Waals surface area contributed by atoms with Gasteiger partial charge in [-0.25, -0.2) is 4.79 Å². The summed E-state index contributed by atoms with van der Waals surface area (Å²) in [6.07, 6.45) is -3.30. The summed E-state index contributed by atoms with van der Waals surface area (Å²) in [6.45, 7) is 3.71. The van der Waals surface area contributed by atoms with E-state index in [4.69, 9.17) is 30.5 Å². The molecule has 0 aromatic carbocycles. The van der Waals surface area contributed by atoms with Gasteiger partial charge in [0, 0.05) is 10.3 Å². The molecule has 11 nitrogen and oxygen atoms in total. The van der Waals surface area contributed by atoms with Gasteiger partial charge in [0.2, 0.25) is 5.82 Å². The number of ether oxygens (including phenoxy) is 1. The lowest BCUT2D eigenvalue weighted by Gasteiger charge is -2.26. The van der Waals surface area contributed by atoms with Gasteiger partial charge in [0.05, 0.1) is 18.2 Å². The number of aromatic nitrogens is 2. The molecule has 0 radical (unpaired) electrons. The van der Waals surface area contributed by atoms with E-state index in [1.807, 2.05) is 0 Å². The normalized spacial score (nSPS) is 26.3. The molecule has 2 rings (SSSR count). The summed E-state index contributed by atoms with van der Waals surface area (Å²) in [7, 11) is -2.63. The summed E-state index contributed by atoms with van der Waals surface area (Å²) in [4.78, 5) is 35.3. The summed E-state index contributed by atoms with van der Waals surface area (Å²) in [5.41, 5.74) is -3.11. The average molecular weight is 518 g/mol. The Hall–Kier alpha value is -1.18. The maximum Gasteiger partial charge on any atom is 0.697 e. The molecule has 0 spiro atoms. The topological polar surface area (TPSA) is 157 Å². The van der Waals surface area contributed by atoms with Crippen LogP contribution in [0.1, 0.15) is 27.0 Å². The van der Waals surface area contributed by atoms with Crippen molar-refractivity contribution in [2.45, 2.75) is 44.1 Å². The van der Waals surface area contributed by atoms with Gasteiger partial charge in [-0.15, -0.1) is 20.6 Å². The standard InChI is InChI=1S/C17H23ClFN2O9PS/c1-16(2,8-22)14(25)32-5-4-28-31(27)29-7-10-11(23)17(3,18)13(30-10)21-6-9(19)12(24)20-15(21)26/h6,10-11,13,22-23H,4-5,7-8H2,1-3H3/p+1. The van der Waals surface area contributed by atoms with Crippen molar-refractivity contribution in [3.63, 3.8) is 0 Å². The molecule has 3 N–H and O–H groups in total. The number of aliphatic hydroxyl groups is 2. The molecule has 1 aliphatic heterocycles. The van der Waals surface area contributed by atoms with E-state index in [-0.39, 0.29) is 24.1 Å². The molecular weight excluding hydrogens is 494 g/mol. The highest BCUT2D eigenvalue weighted by atomic mass is 35.5. The molecule has 180 valence electrons. The van der Waals surface area contributed by atoms with E-state index in [1.54, 1.807) is 18.8 Å². The Bertz CT molecular complexity index is 970. The molecule has 1 aromatic rings. The van der Waals surface area contributed by atoms with Gasteiger partial charge >= 0.3 is 13.9 Å². The molecule has 1 saturated heterocycles. The van der Waals surface area contributed by atoms with Crippen molar-refractivity contribution in [3.8, 4) is 0 Å². The molecule has 0 bridgehead atoms. The van der Waals surface area contributed by atoms with Crippen molar-refractivity contribution in [2.75, 3.05) is 25.6 Å². The average Bonchev–Trinajstić information content (AvgIpc) is 2.95. The lowest BCUT2D eigenvalue weighted by Crippen LogP contribution is -2.43. The number of carbonyl (C=O) groups is 1. The minimum Gasteiger partial charge on any atom is -0.395 e. The molecule has 1 aliphatic rings. The predicted molar refractivity (Wildman–Crippen MR) is 113 cm³/mol. The Morgan fingerprint density at radius 2 is 2.12 bits per heavy atom. The molecule has 5 atom stereocenters. The Balaban J connectivity index is 1.89. The summed E-state index contributed by atoms with van der Waals surface area (Å²) in [5, 5.41) is 19.3. The fourth-order valence-corrected chi connectivity index (χ4v) is 4.47. The van der Waals surface area contributed by atoms with E-state index in [0.717, 1.165) is 11.8 Å². The number of H-pyrrole nitrogens is 1. The van der Waals surface area contributed by atoms with E-state index in [9.17, 15) is 28.4 Å².